The summed E-state index contributed by atoms with van der Waals surface area (Å²) < 4.78 is 10.9. The van der Waals surface area contributed by atoms with Crippen molar-refractivity contribution in [2.75, 3.05) is 13.2 Å². The lowest BCUT2D eigenvalue weighted by Gasteiger charge is -2.39. The van der Waals surface area contributed by atoms with Crippen molar-refractivity contribution in [3.8, 4) is 0 Å². The Hall–Kier alpha value is -1.30. The van der Waals surface area contributed by atoms with E-state index in [1.165, 1.54) is 5.57 Å². The van der Waals surface area contributed by atoms with Crippen LogP contribution in [-0.2, 0) is 9.47 Å². The van der Waals surface area contributed by atoms with Crippen molar-refractivity contribution in [3.05, 3.63) is 34.9 Å². The van der Waals surface area contributed by atoms with Crippen LogP contribution in [0.3, 0.4) is 0 Å². The van der Waals surface area contributed by atoms with Crippen LogP contribution in [-0.4, -0.2) is 140 Å². The zero-order valence-corrected chi connectivity index (χ0v) is 41.7. The summed E-state index contributed by atoms with van der Waals surface area (Å²) in [5.41, 5.74) is -2.38. The molecule has 11 N–H and O–H groups in total. The third-order valence-electron chi connectivity index (χ3n) is 13.5. The summed E-state index contributed by atoms with van der Waals surface area (Å²) in [5, 5.41) is 116. The van der Waals surface area contributed by atoms with Crippen molar-refractivity contribution in [1.82, 2.24) is 0 Å². The number of hydrogen-bond acceptors (Lipinski definition) is 13. The summed E-state index contributed by atoms with van der Waals surface area (Å²) >= 11 is 0. The molecule has 12 atom stereocenters. The van der Waals surface area contributed by atoms with Gasteiger partial charge in [0, 0.05) is 0 Å². The molecular weight excluding hydrogens is 821 g/mol. The quantitative estimate of drug-likeness (QED) is 0.0301. The second-order valence-electron chi connectivity index (χ2n) is 21.7. The number of aliphatic hydroxyl groups is 11. The molecule has 0 amide bonds. The van der Waals surface area contributed by atoms with E-state index in [0.717, 1.165) is 36.8 Å². The third-order valence-corrected chi connectivity index (χ3v) is 13.5. The monoisotopic (exact) mass is 917 g/mol. The number of aliphatic hydroxyl groups excluding tert-OH is 5. The van der Waals surface area contributed by atoms with E-state index in [9.17, 15) is 56.2 Å². The highest BCUT2D eigenvalue weighted by Crippen LogP contribution is 2.32. The maximum atomic E-state index is 11.1. The first-order valence-corrected chi connectivity index (χ1v) is 24.3. The normalized spacial score (nSPS) is 26.2. The summed E-state index contributed by atoms with van der Waals surface area (Å²) in [6.07, 6.45) is 11.0. The number of hydrogen-bond donors (Lipinski definition) is 11. The average Bonchev–Trinajstić information content (AvgIpc) is 3.15. The third kappa shape index (κ3) is 26.3. The van der Waals surface area contributed by atoms with Crippen LogP contribution in [0.25, 0.3) is 0 Å². The van der Waals surface area contributed by atoms with Gasteiger partial charge < -0.3 is 65.6 Å². The summed E-state index contributed by atoms with van der Waals surface area (Å²) in [4.78, 5) is 0. The van der Waals surface area contributed by atoms with E-state index >= 15 is 0 Å². The van der Waals surface area contributed by atoms with Crippen LogP contribution in [0.2, 0.25) is 0 Å². The minimum atomic E-state index is -1.49. The second kappa shape index (κ2) is 28.3. The first-order chi connectivity index (χ1) is 29.4. The molecule has 0 aromatic carbocycles. The van der Waals surface area contributed by atoms with Gasteiger partial charge in [-0.3, -0.25) is 0 Å². The Balaban J connectivity index is 2.34. The van der Waals surface area contributed by atoms with Crippen LogP contribution in [0.5, 0.6) is 0 Å². The van der Waals surface area contributed by atoms with Gasteiger partial charge in [0.2, 0.25) is 0 Å². The Labute approximate surface area is 387 Å². The van der Waals surface area contributed by atoms with Gasteiger partial charge in [-0.1, -0.05) is 34.9 Å². The summed E-state index contributed by atoms with van der Waals surface area (Å²) in [6, 6.07) is 0. The molecule has 0 aromatic rings. The van der Waals surface area contributed by atoms with E-state index in [0.29, 0.717) is 109 Å². The van der Waals surface area contributed by atoms with Gasteiger partial charge in [0.1, 0.15) is 24.4 Å². The van der Waals surface area contributed by atoms with E-state index in [1.54, 1.807) is 20.8 Å². The first-order valence-electron chi connectivity index (χ1n) is 24.3. The minimum Gasteiger partial charge on any atom is -0.394 e. The topological polar surface area (TPSA) is 241 Å². The lowest BCUT2D eigenvalue weighted by Crippen LogP contribution is -2.59. The van der Waals surface area contributed by atoms with Crippen LogP contribution < -0.4 is 0 Å². The fourth-order valence-electron chi connectivity index (χ4n) is 8.61. The molecule has 0 bridgehead atoms. The number of rotatable bonds is 34. The van der Waals surface area contributed by atoms with E-state index in [-0.39, 0.29) is 6.61 Å². The number of ether oxygens (including phenoxy) is 2. The van der Waals surface area contributed by atoms with Crippen molar-refractivity contribution in [3.63, 3.8) is 0 Å². The highest BCUT2D eigenvalue weighted by Gasteiger charge is 2.44. The maximum absolute atomic E-state index is 11.1. The predicted molar refractivity (Wildman–Crippen MR) is 253 cm³/mol. The zero-order valence-electron chi connectivity index (χ0n) is 41.7. The fourth-order valence-corrected chi connectivity index (χ4v) is 8.61. The van der Waals surface area contributed by atoms with Crippen molar-refractivity contribution >= 4 is 0 Å². The lowest BCUT2D eigenvalue weighted by atomic mass is 9.83. The minimum absolute atomic E-state index is 0.115. The van der Waals surface area contributed by atoms with Crippen LogP contribution >= 0.6 is 0 Å². The molecule has 0 saturated carbocycles. The average molecular weight is 917 g/mol. The molecule has 1 saturated heterocycles. The zero-order chi connectivity index (χ0) is 49.0. The van der Waals surface area contributed by atoms with Crippen LogP contribution in [0, 0.1) is 0 Å². The van der Waals surface area contributed by atoms with Crippen molar-refractivity contribution in [2.24, 2.45) is 0 Å². The Morgan fingerprint density at radius 2 is 0.938 bits per heavy atom. The molecule has 64 heavy (non-hydrogen) atoms. The molecule has 0 aliphatic carbocycles. The Bertz CT molecular complexity index is 1380. The molecule has 1 heterocycles. The molecule has 1 aliphatic rings. The van der Waals surface area contributed by atoms with Crippen molar-refractivity contribution < 1.29 is 65.6 Å². The standard InChI is InChI=1S/C51H96O13/c1-37(2)18-12-24-46(5,57)25-13-26-47(6,58)27-14-28-48(7,59)29-15-30-49(8,60)31-16-32-50(9,61)33-17-34-51(10,62)41(53)22-21-38(3)19-11-20-39(4)23-35-63-45-44(56)43(55)42(54)40(36-52)64-45/h18-19,23,40-45,52-62H,11-17,20-22,24-36H2,1-10H3/b38-19+,39-23+/t40-,41-,42-,43+,44-,45-,46+,47+,48+,49-,50+,51+/m1/s1. The molecule has 0 aromatic heterocycles. The summed E-state index contributed by atoms with van der Waals surface area (Å²) in [6.45, 7) is 18.4. The molecule has 378 valence electrons. The van der Waals surface area contributed by atoms with Crippen LogP contribution in [0.4, 0.5) is 0 Å². The molecular formula is C51H96O13. The van der Waals surface area contributed by atoms with E-state index in [2.05, 4.69) is 26.0 Å². The Morgan fingerprint density at radius 3 is 1.36 bits per heavy atom. The van der Waals surface area contributed by atoms with Gasteiger partial charge in [0.15, 0.2) is 6.29 Å². The van der Waals surface area contributed by atoms with Gasteiger partial charge in [-0.2, -0.15) is 0 Å². The molecule has 1 fully saturated rings. The summed E-state index contributed by atoms with van der Waals surface area (Å²) in [7, 11) is 0. The maximum Gasteiger partial charge on any atom is 0.187 e. The van der Waals surface area contributed by atoms with E-state index < -0.39 is 77.0 Å². The molecule has 1 aliphatic heterocycles. The molecule has 0 spiro atoms. The van der Waals surface area contributed by atoms with Gasteiger partial charge in [-0.25, -0.2) is 0 Å². The molecule has 13 nitrogen and oxygen atoms in total. The SMILES string of the molecule is CC(C)=CCC[C@](C)(O)CCC[C@](C)(O)CCC[C@](C)(O)CCC[C@@](C)(O)CCC[C@](C)(O)CCC[C@](C)(O)[C@H](O)CC/C(C)=C/CC/C(C)=C/CO[C@@H]1O[C@H](CO)[C@@H](O)[C@H](O)[C@H]1O. The number of allylic oxidation sites excluding steroid dienone is 5. The molecule has 0 radical (unpaired) electrons. The van der Waals surface area contributed by atoms with Gasteiger partial charge in [-0.05, 0) is 204 Å². The van der Waals surface area contributed by atoms with Crippen LogP contribution in [0.1, 0.15) is 204 Å². The lowest BCUT2D eigenvalue weighted by molar-refractivity contribution is -0.298. The van der Waals surface area contributed by atoms with Crippen LogP contribution in [0.15, 0.2) is 34.9 Å². The van der Waals surface area contributed by atoms with Gasteiger partial charge in [0.05, 0.1) is 52.9 Å². The smallest absolute Gasteiger partial charge is 0.187 e. The highest BCUT2D eigenvalue weighted by atomic mass is 16.7. The fraction of sp³-hybridized carbons (Fsp3) is 0.882. The van der Waals surface area contributed by atoms with E-state index in [1.807, 2.05) is 40.7 Å². The highest BCUT2D eigenvalue weighted by molar-refractivity contribution is 5.05. The van der Waals surface area contributed by atoms with Gasteiger partial charge >= 0.3 is 0 Å². The molecule has 0 unspecified atom stereocenters. The largest absolute Gasteiger partial charge is 0.394 e. The molecule has 1 rings (SSSR count). The Kier molecular flexibility index (Phi) is 26.8. The first kappa shape index (κ1) is 60.7. The van der Waals surface area contributed by atoms with E-state index in [4.69, 9.17) is 9.47 Å². The second-order valence-corrected chi connectivity index (χ2v) is 21.7. The van der Waals surface area contributed by atoms with Crippen molar-refractivity contribution in [1.29, 1.82) is 0 Å². The van der Waals surface area contributed by atoms with Gasteiger partial charge in [0.25, 0.3) is 0 Å². The van der Waals surface area contributed by atoms with Crippen molar-refractivity contribution in [2.45, 2.75) is 274 Å². The summed E-state index contributed by atoms with van der Waals surface area (Å²) in [5.74, 6) is 0. The molecule has 13 heteroatoms. The predicted octanol–water partition coefficient (Wildman–Crippen LogP) is 6.72. The Morgan fingerprint density at radius 1 is 0.531 bits per heavy atom. The van der Waals surface area contributed by atoms with Gasteiger partial charge in [-0.15, -0.1) is 0 Å².